The predicted octanol–water partition coefficient (Wildman–Crippen LogP) is 3.96. The fourth-order valence-electron chi connectivity index (χ4n) is 2.63. The highest BCUT2D eigenvalue weighted by atomic mass is 79.9. The molecule has 8 heteroatoms. The van der Waals surface area contributed by atoms with Gasteiger partial charge in [0, 0.05) is 16.2 Å². The van der Waals surface area contributed by atoms with E-state index >= 15 is 0 Å². The molecule has 0 atom stereocenters. The Hall–Kier alpha value is -2.64. The first-order valence-electron chi connectivity index (χ1n) is 8.21. The van der Waals surface area contributed by atoms with Crippen LogP contribution in [-0.2, 0) is 6.54 Å². The van der Waals surface area contributed by atoms with Crippen molar-refractivity contribution >= 4 is 33.3 Å². The van der Waals surface area contributed by atoms with Crippen LogP contribution in [0.2, 0.25) is 5.15 Å². The quantitative estimate of drug-likeness (QED) is 0.518. The molecule has 0 radical (unpaired) electrons. The van der Waals surface area contributed by atoms with Crippen LogP contribution in [0.3, 0.4) is 0 Å². The van der Waals surface area contributed by atoms with E-state index in [4.69, 9.17) is 21.1 Å². The van der Waals surface area contributed by atoms with Crippen molar-refractivity contribution in [3.63, 3.8) is 0 Å². The van der Waals surface area contributed by atoms with Crippen molar-refractivity contribution in [1.29, 1.82) is 0 Å². The first-order chi connectivity index (χ1) is 13.4. The van der Waals surface area contributed by atoms with Crippen LogP contribution in [0.15, 0.2) is 57.9 Å². The fourth-order valence-corrected chi connectivity index (χ4v) is 3.26. The molecule has 6 nitrogen and oxygen atoms in total. The van der Waals surface area contributed by atoms with Crippen LogP contribution >= 0.6 is 27.5 Å². The van der Waals surface area contributed by atoms with Crippen LogP contribution in [-0.4, -0.2) is 29.6 Å². The molecule has 0 saturated heterocycles. The van der Waals surface area contributed by atoms with E-state index in [1.807, 2.05) is 12.1 Å². The molecule has 0 spiro atoms. The number of halogens is 2. The van der Waals surface area contributed by atoms with Crippen LogP contribution in [0.4, 0.5) is 0 Å². The van der Waals surface area contributed by atoms with E-state index in [0.29, 0.717) is 16.0 Å². The minimum atomic E-state index is -0.540. The van der Waals surface area contributed by atoms with Gasteiger partial charge in [-0.05, 0) is 35.9 Å². The Balaban J connectivity index is 2.01. The molecule has 0 unspecified atom stereocenters. The summed E-state index contributed by atoms with van der Waals surface area (Å²) in [7, 11) is 3.08. The summed E-state index contributed by atoms with van der Waals surface area (Å²) in [6.45, 7) is 0.241. The third-order valence-electron chi connectivity index (χ3n) is 4.09. The minimum Gasteiger partial charge on any atom is -0.497 e. The van der Waals surface area contributed by atoms with Crippen molar-refractivity contribution in [3.05, 3.63) is 85.5 Å². The molecule has 0 aliphatic carbocycles. The van der Waals surface area contributed by atoms with Gasteiger partial charge in [-0.15, -0.1) is 0 Å². The lowest BCUT2D eigenvalue weighted by atomic mass is 10.1. The van der Waals surface area contributed by atoms with Crippen molar-refractivity contribution in [2.45, 2.75) is 6.54 Å². The maximum atomic E-state index is 13.0. The van der Waals surface area contributed by atoms with E-state index in [1.165, 1.54) is 17.9 Å². The minimum absolute atomic E-state index is 0.0514. The first kappa shape index (κ1) is 20.1. The maximum Gasteiger partial charge on any atom is 0.280 e. The largest absolute Gasteiger partial charge is 0.497 e. The van der Waals surface area contributed by atoms with E-state index < -0.39 is 11.3 Å². The Kier molecular flexibility index (Phi) is 6.16. The van der Waals surface area contributed by atoms with Crippen molar-refractivity contribution < 1.29 is 14.3 Å². The highest BCUT2D eigenvalue weighted by molar-refractivity contribution is 9.10. The average molecular weight is 464 g/mol. The number of carbonyl (C=O) groups excluding carboxylic acids is 1. The average Bonchev–Trinajstić information content (AvgIpc) is 2.71. The number of benzene rings is 2. The lowest BCUT2D eigenvalue weighted by molar-refractivity contribution is 0.103. The van der Waals surface area contributed by atoms with Crippen LogP contribution in [0.25, 0.3) is 0 Å². The molecule has 1 aromatic heterocycles. The maximum absolute atomic E-state index is 13.0. The third-order valence-corrected chi connectivity index (χ3v) is 4.96. The molecule has 0 amide bonds. The molecule has 0 bridgehead atoms. The zero-order valence-electron chi connectivity index (χ0n) is 15.1. The molecule has 0 N–H and O–H groups in total. The van der Waals surface area contributed by atoms with Crippen molar-refractivity contribution in [2.24, 2.45) is 0 Å². The molecule has 1 heterocycles. The number of ketones is 1. The van der Waals surface area contributed by atoms with Gasteiger partial charge in [-0.2, -0.15) is 0 Å². The van der Waals surface area contributed by atoms with Crippen LogP contribution in [0.5, 0.6) is 11.5 Å². The molecule has 3 aromatic rings. The molecule has 144 valence electrons. The van der Waals surface area contributed by atoms with Gasteiger partial charge >= 0.3 is 0 Å². The number of methoxy groups -OCH3 is 2. The number of nitrogens with zero attached hydrogens (tertiary/aromatic N) is 2. The molecule has 0 fully saturated rings. The van der Waals surface area contributed by atoms with Gasteiger partial charge in [0.1, 0.15) is 16.7 Å². The second-order valence-corrected chi connectivity index (χ2v) is 7.11. The molecular formula is C20H16BrClN2O4. The SMILES string of the molecule is COc1ccc(Cn2cc(Cl)nc(C(=O)c3cc(OC)ccc3Br)c2=O)cc1. The van der Waals surface area contributed by atoms with Crippen LogP contribution < -0.4 is 15.0 Å². The van der Waals surface area contributed by atoms with Gasteiger partial charge in [-0.3, -0.25) is 9.59 Å². The smallest absolute Gasteiger partial charge is 0.280 e. The Bertz CT molecular complexity index is 1080. The van der Waals surface area contributed by atoms with E-state index in [0.717, 1.165) is 5.56 Å². The molecule has 2 aromatic carbocycles. The second-order valence-electron chi connectivity index (χ2n) is 5.87. The third kappa shape index (κ3) is 4.26. The standard InChI is InChI=1S/C20H16BrClN2O4/c1-27-13-5-3-12(4-6-13)10-24-11-17(22)23-18(20(24)26)19(25)15-9-14(28-2)7-8-16(15)21/h3-9,11H,10H2,1-2H3. The predicted molar refractivity (Wildman–Crippen MR) is 110 cm³/mol. The van der Waals surface area contributed by atoms with Gasteiger partial charge in [0.05, 0.1) is 20.8 Å². The number of aromatic nitrogens is 2. The Morgan fingerprint density at radius 2 is 1.75 bits per heavy atom. The summed E-state index contributed by atoms with van der Waals surface area (Å²) in [5.74, 6) is 0.663. The van der Waals surface area contributed by atoms with E-state index in [9.17, 15) is 9.59 Å². The van der Waals surface area contributed by atoms with Crippen LogP contribution in [0, 0.1) is 0 Å². The highest BCUT2D eigenvalue weighted by Gasteiger charge is 2.21. The van der Waals surface area contributed by atoms with Gasteiger partial charge in [-0.1, -0.05) is 39.7 Å². The summed E-state index contributed by atoms with van der Waals surface area (Å²) < 4.78 is 12.2. The summed E-state index contributed by atoms with van der Waals surface area (Å²) in [6.07, 6.45) is 1.41. The Labute approximate surface area is 174 Å². The van der Waals surface area contributed by atoms with Crippen molar-refractivity contribution in [2.75, 3.05) is 14.2 Å². The highest BCUT2D eigenvalue weighted by Crippen LogP contribution is 2.24. The Morgan fingerprint density at radius 3 is 2.39 bits per heavy atom. The number of hydrogen-bond donors (Lipinski definition) is 0. The van der Waals surface area contributed by atoms with E-state index in [2.05, 4.69) is 20.9 Å². The Morgan fingerprint density at radius 1 is 1.11 bits per heavy atom. The monoisotopic (exact) mass is 462 g/mol. The number of ether oxygens (including phenoxy) is 2. The lowest BCUT2D eigenvalue weighted by Crippen LogP contribution is -2.28. The lowest BCUT2D eigenvalue weighted by Gasteiger charge is -2.10. The summed E-state index contributed by atoms with van der Waals surface area (Å²) >= 11 is 9.41. The fraction of sp³-hybridized carbons (Fsp3) is 0.150. The second kappa shape index (κ2) is 8.58. The number of hydrogen-bond acceptors (Lipinski definition) is 5. The zero-order chi connectivity index (χ0) is 20.3. The van der Waals surface area contributed by atoms with Crippen molar-refractivity contribution in [1.82, 2.24) is 9.55 Å². The first-order valence-corrected chi connectivity index (χ1v) is 9.38. The van der Waals surface area contributed by atoms with Crippen molar-refractivity contribution in [3.8, 4) is 11.5 Å². The molecule has 0 aliphatic rings. The molecule has 3 rings (SSSR count). The molecule has 28 heavy (non-hydrogen) atoms. The van der Waals surface area contributed by atoms with E-state index in [1.54, 1.807) is 37.4 Å². The number of carbonyl (C=O) groups is 1. The normalized spacial score (nSPS) is 10.6. The van der Waals surface area contributed by atoms with Gasteiger partial charge in [-0.25, -0.2) is 4.98 Å². The summed E-state index contributed by atoms with van der Waals surface area (Å²) in [5.41, 5.74) is 0.336. The topological polar surface area (TPSA) is 70.4 Å². The van der Waals surface area contributed by atoms with Gasteiger partial charge in [0.25, 0.3) is 5.56 Å². The van der Waals surface area contributed by atoms with Gasteiger partial charge in [0.15, 0.2) is 5.69 Å². The summed E-state index contributed by atoms with van der Waals surface area (Å²) in [5, 5.41) is 0.0514. The van der Waals surface area contributed by atoms with Gasteiger partial charge in [0.2, 0.25) is 5.78 Å². The molecular weight excluding hydrogens is 448 g/mol. The summed E-state index contributed by atoms with van der Waals surface area (Å²) in [4.78, 5) is 29.8. The zero-order valence-corrected chi connectivity index (χ0v) is 17.5. The van der Waals surface area contributed by atoms with Gasteiger partial charge < -0.3 is 14.0 Å². The van der Waals surface area contributed by atoms with Crippen LogP contribution in [0.1, 0.15) is 21.6 Å². The number of rotatable bonds is 6. The van der Waals surface area contributed by atoms with E-state index in [-0.39, 0.29) is 23.0 Å². The molecule has 0 aliphatic heterocycles. The molecule has 0 saturated carbocycles. The summed E-state index contributed by atoms with van der Waals surface area (Å²) in [6, 6.07) is 12.2.